The van der Waals surface area contributed by atoms with Gasteiger partial charge in [0.1, 0.15) is 11.3 Å². The number of anilines is 1. The largest absolute Gasteiger partial charge is 0.369 e. The van der Waals surface area contributed by atoms with Crippen molar-refractivity contribution in [2.24, 2.45) is 0 Å². The summed E-state index contributed by atoms with van der Waals surface area (Å²) in [6.45, 7) is 0. The van der Waals surface area contributed by atoms with E-state index in [1.807, 2.05) is 6.07 Å². The van der Waals surface area contributed by atoms with Crippen LogP contribution in [0.4, 0.5) is 10.3 Å². The molecule has 18 heavy (non-hydrogen) atoms. The number of halogens is 2. The normalized spacial score (nSPS) is 11.0. The Balaban J connectivity index is 2.43. The Bertz CT molecular complexity index is 736. The molecule has 0 saturated heterocycles. The molecule has 3 rings (SSSR count). The number of nitrogens with zero attached hydrogens (tertiary/aromatic N) is 2. The zero-order chi connectivity index (χ0) is 12.7. The average Bonchev–Trinajstić information content (AvgIpc) is 2.68. The number of para-hydroxylation sites is 2. The number of hydrogen-bond acceptors (Lipinski definition) is 2. The minimum absolute atomic E-state index is 0.211. The number of imidazole rings is 1. The molecule has 0 amide bonds. The molecule has 0 aliphatic rings. The molecule has 2 N–H and O–H groups in total. The number of benzene rings is 2. The Morgan fingerprint density at radius 2 is 1.89 bits per heavy atom. The second kappa shape index (κ2) is 3.99. The second-order valence-corrected chi connectivity index (χ2v) is 4.27. The van der Waals surface area contributed by atoms with Crippen LogP contribution in [0.1, 0.15) is 0 Å². The van der Waals surface area contributed by atoms with Crippen LogP contribution in [0, 0.1) is 5.82 Å². The van der Waals surface area contributed by atoms with E-state index in [-0.39, 0.29) is 11.8 Å². The summed E-state index contributed by atoms with van der Waals surface area (Å²) in [4.78, 5) is 4.13. The van der Waals surface area contributed by atoms with Gasteiger partial charge in [-0.2, -0.15) is 0 Å². The molecule has 0 atom stereocenters. The molecule has 3 aromatic rings. The smallest absolute Gasteiger partial charge is 0.206 e. The number of hydrogen-bond donors (Lipinski definition) is 1. The van der Waals surface area contributed by atoms with Gasteiger partial charge in [-0.3, -0.25) is 4.57 Å². The van der Waals surface area contributed by atoms with Crippen molar-refractivity contribution in [3.8, 4) is 5.69 Å². The lowest BCUT2D eigenvalue weighted by atomic mass is 10.2. The van der Waals surface area contributed by atoms with E-state index in [4.69, 9.17) is 17.3 Å². The summed E-state index contributed by atoms with van der Waals surface area (Å²) in [6.07, 6.45) is 0. The van der Waals surface area contributed by atoms with Gasteiger partial charge in [0.2, 0.25) is 5.95 Å². The number of nitrogens with two attached hydrogens (primary N) is 1. The highest BCUT2D eigenvalue weighted by atomic mass is 35.5. The van der Waals surface area contributed by atoms with Crippen LogP contribution >= 0.6 is 11.6 Å². The Morgan fingerprint density at radius 1 is 1.11 bits per heavy atom. The van der Waals surface area contributed by atoms with Crippen molar-refractivity contribution >= 4 is 28.6 Å². The van der Waals surface area contributed by atoms with Crippen molar-refractivity contribution in [3.05, 3.63) is 53.3 Å². The highest BCUT2D eigenvalue weighted by Gasteiger charge is 2.15. The lowest BCUT2D eigenvalue weighted by molar-refractivity contribution is 0.635. The quantitative estimate of drug-likeness (QED) is 0.730. The van der Waals surface area contributed by atoms with Gasteiger partial charge in [-0.05, 0) is 24.3 Å². The van der Waals surface area contributed by atoms with Crippen molar-refractivity contribution in [2.75, 3.05) is 5.73 Å². The van der Waals surface area contributed by atoms with Crippen molar-refractivity contribution in [1.82, 2.24) is 9.55 Å². The van der Waals surface area contributed by atoms with E-state index in [9.17, 15) is 4.39 Å². The molecule has 0 fully saturated rings. The van der Waals surface area contributed by atoms with Crippen LogP contribution < -0.4 is 5.73 Å². The number of nitrogen functional groups attached to an aromatic ring is 1. The SMILES string of the molecule is Nc1nc2cccc(F)c2n1-c1ccccc1Cl. The van der Waals surface area contributed by atoms with Crippen LogP contribution in [-0.4, -0.2) is 9.55 Å². The first-order valence-electron chi connectivity index (χ1n) is 5.36. The van der Waals surface area contributed by atoms with Gasteiger partial charge in [0, 0.05) is 0 Å². The zero-order valence-corrected chi connectivity index (χ0v) is 10.0. The maximum Gasteiger partial charge on any atom is 0.206 e. The van der Waals surface area contributed by atoms with E-state index in [1.165, 1.54) is 10.6 Å². The highest BCUT2D eigenvalue weighted by molar-refractivity contribution is 6.32. The molecular formula is C13H9ClFN3. The summed E-state index contributed by atoms with van der Waals surface area (Å²) in [5, 5.41) is 0.492. The van der Waals surface area contributed by atoms with Crippen LogP contribution in [0.2, 0.25) is 5.02 Å². The Kier molecular flexibility index (Phi) is 2.45. The summed E-state index contributed by atoms with van der Waals surface area (Å²) in [7, 11) is 0. The summed E-state index contributed by atoms with van der Waals surface area (Å²) in [5.74, 6) is -0.167. The summed E-state index contributed by atoms with van der Waals surface area (Å²) < 4.78 is 15.4. The van der Waals surface area contributed by atoms with E-state index in [0.29, 0.717) is 21.7 Å². The standard InChI is InChI=1S/C13H9ClFN3/c14-8-4-1-2-7-11(8)18-12-9(15)5-3-6-10(12)17-13(18)16/h1-7H,(H2,16,17). The summed E-state index contributed by atoms with van der Waals surface area (Å²) >= 11 is 6.11. The number of rotatable bonds is 1. The molecule has 0 spiro atoms. The van der Waals surface area contributed by atoms with Crippen molar-refractivity contribution in [1.29, 1.82) is 0 Å². The van der Waals surface area contributed by atoms with Gasteiger partial charge in [0.25, 0.3) is 0 Å². The van der Waals surface area contributed by atoms with Gasteiger partial charge in [-0.25, -0.2) is 9.37 Å². The average molecular weight is 262 g/mol. The number of aromatic nitrogens is 2. The first-order chi connectivity index (χ1) is 8.68. The van der Waals surface area contributed by atoms with E-state index in [2.05, 4.69) is 4.98 Å². The van der Waals surface area contributed by atoms with Gasteiger partial charge in [-0.1, -0.05) is 29.8 Å². The molecule has 3 nitrogen and oxygen atoms in total. The van der Waals surface area contributed by atoms with Gasteiger partial charge in [-0.15, -0.1) is 0 Å². The van der Waals surface area contributed by atoms with Crippen LogP contribution in [0.15, 0.2) is 42.5 Å². The van der Waals surface area contributed by atoms with E-state index in [1.54, 1.807) is 30.3 Å². The zero-order valence-electron chi connectivity index (χ0n) is 9.27. The first-order valence-corrected chi connectivity index (χ1v) is 5.73. The van der Waals surface area contributed by atoms with Crippen molar-refractivity contribution in [2.45, 2.75) is 0 Å². The van der Waals surface area contributed by atoms with Gasteiger partial charge in [0.05, 0.1) is 16.2 Å². The van der Waals surface area contributed by atoms with Crippen LogP contribution in [0.5, 0.6) is 0 Å². The van der Waals surface area contributed by atoms with Gasteiger partial charge >= 0.3 is 0 Å². The minimum Gasteiger partial charge on any atom is -0.369 e. The number of fused-ring (bicyclic) bond motifs is 1. The molecule has 1 heterocycles. The predicted molar refractivity (Wildman–Crippen MR) is 70.5 cm³/mol. The molecule has 2 aromatic carbocycles. The topological polar surface area (TPSA) is 43.8 Å². The monoisotopic (exact) mass is 261 g/mol. The van der Waals surface area contributed by atoms with E-state index < -0.39 is 0 Å². The molecule has 0 unspecified atom stereocenters. The molecule has 0 radical (unpaired) electrons. The molecule has 0 bridgehead atoms. The Morgan fingerprint density at radius 3 is 2.67 bits per heavy atom. The maximum atomic E-state index is 13.9. The third kappa shape index (κ3) is 1.54. The summed E-state index contributed by atoms with van der Waals surface area (Å²) in [6, 6.07) is 11.8. The molecule has 0 aliphatic heterocycles. The van der Waals surface area contributed by atoms with Crippen LogP contribution in [0.3, 0.4) is 0 Å². The highest BCUT2D eigenvalue weighted by Crippen LogP contribution is 2.29. The fraction of sp³-hybridized carbons (Fsp3) is 0. The third-order valence-corrected chi connectivity index (χ3v) is 3.07. The second-order valence-electron chi connectivity index (χ2n) is 3.86. The minimum atomic E-state index is -0.378. The fourth-order valence-electron chi connectivity index (χ4n) is 1.98. The summed E-state index contributed by atoms with van der Waals surface area (Å²) in [5.41, 5.74) is 7.31. The predicted octanol–water partition coefficient (Wildman–Crippen LogP) is 3.40. The molecule has 0 saturated carbocycles. The lowest BCUT2D eigenvalue weighted by Crippen LogP contribution is -2.02. The van der Waals surface area contributed by atoms with E-state index >= 15 is 0 Å². The Labute approximate surface area is 108 Å². The first kappa shape index (κ1) is 11.0. The fourth-order valence-corrected chi connectivity index (χ4v) is 2.20. The van der Waals surface area contributed by atoms with Crippen molar-refractivity contribution < 1.29 is 4.39 Å². The molecule has 1 aromatic heterocycles. The van der Waals surface area contributed by atoms with Gasteiger partial charge < -0.3 is 5.73 Å². The van der Waals surface area contributed by atoms with Gasteiger partial charge in [0.15, 0.2) is 0 Å². The lowest BCUT2D eigenvalue weighted by Gasteiger charge is -2.08. The van der Waals surface area contributed by atoms with E-state index in [0.717, 1.165) is 0 Å². The van der Waals surface area contributed by atoms with Crippen LogP contribution in [-0.2, 0) is 0 Å². The van der Waals surface area contributed by atoms with Crippen LogP contribution in [0.25, 0.3) is 16.7 Å². The van der Waals surface area contributed by atoms with Crippen molar-refractivity contribution in [3.63, 3.8) is 0 Å². The maximum absolute atomic E-state index is 13.9. The molecular weight excluding hydrogens is 253 g/mol. The molecule has 5 heteroatoms. The molecule has 0 aliphatic carbocycles. The Hall–Kier alpha value is -2.07. The molecule has 90 valence electrons. The third-order valence-electron chi connectivity index (χ3n) is 2.75.